The van der Waals surface area contributed by atoms with E-state index < -0.39 is 12.0 Å². The zero-order valence-electron chi connectivity index (χ0n) is 9.69. The Kier molecular flexibility index (Phi) is 3.84. The molecule has 0 aliphatic heterocycles. The normalized spacial score (nSPS) is 25.1. The summed E-state index contributed by atoms with van der Waals surface area (Å²) < 4.78 is 1.10. The first-order chi connectivity index (χ1) is 8.06. The summed E-state index contributed by atoms with van der Waals surface area (Å²) in [4.78, 5) is 10.7. The first-order valence-corrected chi connectivity index (χ1v) is 6.60. The van der Waals surface area contributed by atoms with Crippen molar-refractivity contribution >= 4 is 21.9 Å². The van der Waals surface area contributed by atoms with E-state index in [0.717, 1.165) is 17.3 Å². The minimum Gasteiger partial charge on any atom is -0.480 e. The summed E-state index contributed by atoms with van der Waals surface area (Å²) in [6.45, 7) is 1.69. The van der Waals surface area contributed by atoms with Crippen LogP contribution in [0.15, 0.2) is 28.7 Å². The van der Waals surface area contributed by atoms with Crippen molar-refractivity contribution in [2.24, 2.45) is 0 Å². The second-order valence-electron chi connectivity index (χ2n) is 4.65. The fourth-order valence-electron chi connectivity index (χ4n) is 2.21. The number of nitrogens with one attached hydrogen (secondary N) is 1. The van der Waals surface area contributed by atoms with Crippen molar-refractivity contribution in [3.05, 3.63) is 34.3 Å². The molecule has 1 aliphatic rings. The number of benzene rings is 1. The monoisotopic (exact) mass is 297 g/mol. The number of hydrogen-bond acceptors (Lipinski definition) is 2. The molecule has 0 heterocycles. The molecule has 1 aliphatic carbocycles. The third-order valence-corrected chi connectivity index (χ3v) is 3.81. The molecule has 0 aromatic heterocycles. The van der Waals surface area contributed by atoms with E-state index in [1.165, 1.54) is 5.56 Å². The summed E-state index contributed by atoms with van der Waals surface area (Å²) in [5.41, 5.74) is 1.33. The van der Waals surface area contributed by atoms with E-state index in [1.54, 1.807) is 6.92 Å². The van der Waals surface area contributed by atoms with Gasteiger partial charge < -0.3 is 10.4 Å². The van der Waals surface area contributed by atoms with Gasteiger partial charge in [0.05, 0.1) is 0 Å². The highest BCUT2D eigenvalue weighted by atomic mass is 79.9. The van der Waals surface area contributed by atoms with Gasteiger partial charge in [0.1, 0.15) is 6.04 Å². The first-order valence-electron chi connectivity index (χ1n) is 5.80. The lowest BCUT2D eigenvalue weighted by Gasteiger charge is -2.37. The van der Waals surface area contributed by atoms with Crippen LogP contribution in [0, 0.1) is 0 Å². The average Bonchev–Trinajstić information content (AvgIpc) is 2.22. The van der Waals surface area contributed by atoms with Gasteiger partial charge in [0.2, 0.25) is 0 Å². The number of rotatable bonds is 4. The Morgan fingerprint density at radius 2 is 2.24 bits per heavy atom. The average molecular weight is 298 g/mol. The molecule has 0 radical (unpaired) electrons. The highest BCUT2D eigenvalue weighted by molar-refractivity contribution is 9.10. The van der Waals surface area contributed by atoms with Gasteiger partial charge in [0.15, 0.2) is 0 Å². The number of aliphatic carboxylic acids is 1. The maximum Gasteiger partial charge on any atom is 0.320 e. The van der Waals surface area contributed by atoms with Crippen molar-refractivity contribution in [1.82, 2.24) is 5.32 Å². The molecule has 1 aromatic rings. The van der Waals surface area contributed by atoms with Crippen LogP contribution < -0.4 is 5.32 Å². The first kappa shape index (κ1) is 12.6. The van der Waals surface area contributed by atoms with Crippen LogP contribution >= 0.6 is 15.9 Å². The van der Waals surface area contributed by atoms with E-state index in [9.17, 15) is 4.79 Å². The van der Waals surface area contributed by atoms with Gasteiger partial charge in [-0.3, -0.25) is 4.79 Å². The van der Waals surface area contributed by atoms with E-state index in [4.69, 9.17) is 5.11 Å². The second kappa shape index (κ2) is 5.19. The van der Waals surface area contributed by atoms with Crippen LogP contribution in [0.2, 0.25) is 0 Å². The Morgan fingerprint density at radius 3 is 2.82 bits per heavy atom. The van der Waals surface area contributed by atoms with Gasteiger partial charge in [-0.25, -0.2) is 0 Å². The van der Waals surface area contributed by atoms with Gasteiger partial charge in [-0.15, -0.1) is 0 Å². The van der Waals surface area contributed by atoms with Crippen LogP contribution in [-0.4, -0.2) is 23.2 Å². The second-order valence-corrected chi connectivity index (χ2v) is 5.56. The van der Waals surface area contributed by atoms with Crippen molar-refractivity contribution < 1.29 is 9.90 Å². The molecule has 2 rings (SSSR count). The quantitative estimate of drug-likeness (QED) is 0.898. The smallest absolute Gasteiger partial charge is 0.320 e. The van der Waals surface area contributed by atoms with Crippen LogP contribution in [0.25, 0.3) is 0 Å². The minimum atomic E-state index is -0.782. The summed E-state index contributed by atoms with van der Waals surface area (Å²) in [7, 11) is 0. The molecule has 2 N–H and O–H groups in total. The van der Waals surface area contributed by atoms with Crippen LogP contribution in [0.5, 0.6) is 0 Å². The molecule has 17 heavy (non-hydrogen) atoms. The molecule has 1 fully saturated rings. The maximum atomic E-state index is 10.7. The molecule has 0 bridgehead atoms. The Hall–Kier alpha value is -0.870. The van der Waals surface area contributed by atoms with Crippen molar-refractivity contribution in [1.29, 1.82) is 0 Å². The van der Waals surface area contributed by atoms with Crippen molar-refractivity contribution in [2.45, 2.75) is 37.8 Å². The lowest BCUT2D eigenvalue weighted by Crippen LogP contribution is -2.47. The predicted octanol–water partition coefficient (Wildman–Crippen LogP) is 2.76. The molecule has 4 heteroatoms. The van der Waals surface area contributed by atoms with E-state index in [0.29, 0.717) is 12.0 Å². The highest BCUT2D eigenvalue weighted by Crippen LogP contribution is 2.37. The Morgan fingerprint density at radius 1 is 1.53 bits per heavy atom. The highest BCUT2D eigenvalue weighted by Gasteiger charge is 2.31. The molecule has 1 unspecified atom stereocenters. The van der Waals surface area contributed by atoms with Crippen LogP contribution in [0.3, 0.4) is 0 Å². The standard InChI is InChI=1S/C13H16BrNO2/c1-8(13(16)17)15-12-6-10(7-12)9-3-2-4-11(14)5-9/h2-5,8,10,12,15H,6-7H2,1H3,(H,16,17). The molecule has 1 aromatic carbocycles. The maximum absolute atomic E-state index is 10.7. The van der Waals surface area contributed by atoms with Gasteiger partial charge in [-0.05, 0) is 43.4 Å². The molecule has 92 valence electrons. The van der Waals surface area contributed by atoms with Crippen molar-refractivity contribution in [2.75, 3.05) is 0 Å². The van der Waals surface area contributed by atoms with Crippen molar-refractivity contribution in [3.8, 4) is 0 Å². The molecule has 0 amide bonds. The largest absolute Gasteiger partial charge is 0.480 e. The fraction of sp³-hybridized carbons (Fsp3) is 0.462. The Bertz CT molecular complexity index is 416. The zero-order chi connectivity index (χ0) is 12.4. The third-order valence-electron chi connectivity index (χ3n) is 3.31. The Balaban J connectivity index is 1.85. The lowest BCUT2D eigenvalue weighted by atomic mass is 9.75. The molecule has 1 saturated carbocycles. The summed E-state index contributed by atoms with van der Waals surface area (Å²) in [5.74, 6) is -0.220. The van der Waals surface area contributed by atoms with E-state index in [-0.39, 0.29) is 0 Å². The van der Waals surface area contributed by atoms with Crippen LogP contribution in [0.4, 0.5) is 0 Å². The third kappa shape index (κ3) is 3.07. The number of halogens is 1. The molecule has 0 spiro atoms. The zero-order valence-corrected chi connectivity index (χ0v) is 11.3. The van der Waals surface area contributed by atoms with Gasteiger partial charge in [-0.1, -0.05) is 28.1 Å². The van der Waals surface area contributed by atoms with E-state index in [2.05, 4.69) is 33.4 Å². The SMILES string of the molecule is CC(NC1CC(c2cccc(Br)c2)C1)C(=O)O. The summed E-state index contributed by atoms with van der Waals surface area (Å²) in [6.07, 6.45) is 2.04. The molecule has 0 saturated heterocycles. The predicted molar refractivity (Wildman–Crippen MR) is 70.1 cm³/mol. The van der Waals surface area contributed by atoms with E-state index >= 15 is 0 Å². The molecule has 1 atom stereocenters. The Labute approximate surface area is 109 Å². The van der Waals surface area contributed by atoms with Gasteiger partial charge >= 0.3 is 5.97 Å². The lowest BCUT2D eigenvalue weighted by molar-refractivity contribution is -0.139. The number of carboxylic acid groups (broad SMARTS) is 1. The fourth-order valence-corrected chi connectivity index (χ4v) is 2.63. The molecular weight excluding hydrogens is 282 g/mol. The van der Waals surface area contributed by atoms with Gasteiger partial charge in [0, 0.05) is 10.5 Å². The van der Waals surface area contributed by atoms with Crippen LogP contribution in [-0.2, 0) is 4.79 Å². The summed E-state index contributed by atoms with van der Waals surface area (Å²) in [5, 5.41) is 11.9. The summed E-state index contributed by atoms with van der Waals surface area (Å²) >= 11 is 3.46. The minimum absolute atomic E-state index is 0.338. The topological polar surface area (TPSA) is 49.3 Å². The van der Waals surface area contributed by atoms with Gasteiger partial charge in [-0.2, -0.15) is 0 Å². The number of carboxylic acids is 1. The summed E-state index contributed by atoms with van der Waals surface area (Å²) in [6, 6.07) is 8.21. The van der Waals surface area contributed by atoms with Crippen LogP contribution in [0.1, 0.15) is 31.2 Å². The number of carbonyl (C=O) groups is 1. The molecular formula is C13H16BrNO2. The van der Waals surface area contributed by atoms with E-state index in [1.807, 2.05) is 12.1 Å². The van der Waals surface area contributed by atoms with Crippen molar-refractivity contribution in [3.63, 3.8) is 0 Å². The number of hydrogen-bond donors (Lipinski definition) is 2. The van der Waals surface area contributed by atoms with Gasteiger partial charge in [0.25, 0.3) is 0 Å². The molecule has 3 nitrogen and oxygen atoms in total.